The molecule has 0 saturated carbocycles. The molecule has 126 valence electrons. The van der Waals surface area contributed by atoms with Crippen molar-refractivity contribution >= 4 is 11.9 Å². The van der Waals surface area contributed by atoms with E-state index in [0.29, 0.717) is 24.8 Å². The topological polar surface area (TPSA) is 64.6 Å². The number of esters is 1. The Morgan fingerprint density at radius 2 is 2.08 bits per heavy atom. The van der Waals surface area contributed by atoms with E-state index < -0.39 is 0 Å². The third-order valence-corrected chi connectivity index (χ3v) is 2.91. The SMILES string of the molecule is C=CCN(CC(=O)OCC)c1nccc(Oc2ccc(F)cc2)n1. The van der Waals surface area contributed by atoms with E-state index in [0.717, 1.165) is 0 Å². The molecule has 0 bridgehead atoms. The Bertz CT molecular complexity index is 692. The van der Waals surface area contributed by atoms with Crippen molar-refractivity contribution in [2.75, 3.05) is 24.6 Å². The lowest BCUT2D eigenvalue weighted by Gasteiger charge is -2.20. The number of ether oxygens (including phenoxy) is 2. The molecule has 2 aromatic rings. The summed E-state index contributed by atoms with van der Waals surface area (Å²) in [7, 11) is 0. The summed E-state index contributed by atoms with van der Waals surface area (Å²) in [5, 5.41) is 0. The number of hydrogen-bond acceptors (Lipinski definition) is 6. The van der Waals surface area contributed by atoms with Crippen molar-refractivity contribution in [1.29, 1.82) is 0 Å². The molecule has 7 heteroatoms. The Hall–Kier alpha value is -2.96. The first kappa shape index (κ1) is 17.4. The minimum atomic E-state index is -0.382. The number of nitrogens with zero attached hydrogens (tertiary/aromatic N) is 3. The summed E-state index contributed by atoms with van der Waals surface area (Å²) >= 11 is 0. The van der Waals surface area contributed by atoms with Crippen molar-refractivity contribution in [2.45, 2.75) is 6.92 Å². The van der Waals surface area contributed by atoms with Crippen molar-refractivity contribution in [3.63, 3.8) is 0 Å². The van der Waals surface area contributed by atoms with Crippen LogP contribution >= 0.6 is 0 Å². The fourth-order valence-corrected chi connectivity index (χ4v) is 1.90. The monoisotopic (exact) mass is 331 g/mol. The number of halogens is 1. The zero-order valence-electron chi connectivity index (χ0n) is 13.3. The minimum absolute atomic E-state index is 0.000137. The van der Waals surface area contributed by atoms with Gasteiger partial charge in [-0.25, -0.2) is 9.37 Å². The number of anilines is 1. The van der Waals surface area contributed by atoms with Crippen LogP contribution in [0, 0.1) is 5.82 Å². The van der Waals surface area contributed by atoms with E-state index in [4.69, 9.17) is 9.47 Å². The quantitative estimate of drug-likeness (QED) is 0.547. The maximum Gasteiger partial charge on any atom is 0.325 e. The predicted molar refractivity (Wildman–Crippen MR) is 87.5 cm³/mol. The maximum absolute atomic E-state index is 12.9. The van der Waals surface area contributed by atoms with Crippen LogP contribution in [0.1, 0.15) is 6.92 Å². The number of hydrogen-bond donors (Lipinski definition) is 0. The van der Waals surface area contributed by atoms with E-state index in [1.807, 2.05) is 0 Å². The van der Waals surface area contributed by atoms with Crippen LogP contribution in [0.2, 0.25) is 0 Å². The second-order valence-electron chi connectivity index (χ2n) is 4.73. The Kier molecular flexibility index (Phi) is 6.24. The van der Waals surface area contributed by atoms with Crippen LogP contribution in [-0.2, 0) is 9.53 Å². The Morgan fingerprint density at radius 1 is 1.33 bits per heavy atom. The Morgan fingerprint density at radius 3 is 2.75 bits per heavy atom. The minimum Gasteiger partial charge on any atom is -0.465 e. The van der Waals surface area contributed by atoms with Gasteiger partial charge in [-0.2, -0.15) is 4.98 Å². The highest BCUT2D eigenvalue weighted by Gasteiger charge is 2.14. The van der Waals surface area contributed by atoms with Gasteiger partial charge >= 0.3 is 5.97 Å². The van der Waals surface area contributed by atoms with Crippen molar-refractivity contribution in [1.82, 2.24) is 9.97 Å². The molecule has 1 aromatic carbocycles. The second-order valence-corrected chi connectivity index (χ2v) is 4.73. The molecule has 1 aromatic heterocycles. The number of benzene rings is 1. The number of aromatic nitrogens is 2. The predicted octanol–water partition coefficient (Wildman–Crippen LogP) is 2.96. The van der Waals surface area contributed by atoms with Gasteiger partial charge in [0.1, 0.15) is 18.1 Å². The summed E-state index contributed by atoms with van der Waals surface area (Å²) in [6.07, 6.45) is 3.15. The van der Waals surface area contributed by atoms with E-state index in [2.05, 4.69) is 16.5 Å². The normalized spacial score (nSPS) is 10.1. The van der Waals surface area contributed by atoms with Gasteiger partial charge in [-0.05, 0) is 31.2 Å². The molecular formula is C17H18FN3O3. The molecule has 0 radical (unpaired) electrons. The molecule has 0 aliphatic heterocycles. The van der Waals surface area contributed by atoms with Crippen molar-refractivity contribution in [3.05, 3.63) is 55.0 Å². The maximum atomic E-state index is 12.9. The summed E-state index contributed by atoms with van der Waals surface area (Å²) in [6, 6.07) is 7.15. The van der Waals surface area contributed by atoms with E-state index in [9.17, 15) is 9.18 Å². The van der Waals surface area contributed by atoms with Gasteiger partial charge in [0.2, 0.25) is 11.8 Å². The highest BCUT2D eigenvalue weighted by molar-refractivity contribution is 5.75. The molecule has 0 N–H and O–H groups in total. The summed E-state index contributed by atoms with van der Waals surface area (Å²) in [6.45, 7) is 6.08. The fourth-order valence-electron chi connectivity index (χ4n) is 1.90. The molecule has 0 aliphatic carbocycles. The summed E-state index contributed by atoms with van der Waals surface area (Å²) in [5.41, 5.74) is 0. The first-order valence-electron chi connectivity index (χ1n) is 7.40. The van der Waals surface area contributed by atoms with Crippen LogP contribution in [-0.4, -0.2) is 35.6 Å². The van der Waals surface area contributed by atoms with Crippen LogP contribution in [0.5, 0.6) is 11.6 Å². The molecule has 0 unspecified atom stereocenters. The summed E-state index contributed by atoms with van der Waals surface area (Å²) in [4.78, 5) is 21.7. The molecule has 1 heterocycles. The van der Waals surface area contributed by atoms with Crippen LogP contribution < -0.4 is 9.64 Å². The molecule has 0 spiro atoms. The van der Waals surface area contributed by atoms with Crippen LogP contribution in [0.4, 0.5) is 10.3 Å². The van der Waals surface area contributed by atoms with Crippen LogP contribution in [0.15, 0.2) is 49.2 Å². The van der Waals surface area contributed by atoms with E-state index in [1.54, 1.807) is 24.0 Å². The molecule has 0 amide bonds. The second kappa shape index (κ2) is 8.61. The number of carbonyl (C=O) groups is 1. The Balaban J connectivity index is 2.15. The number of carbonyl (C=O) groups excluding carboxylic acids is 1. The summed E-state index contributed by atoms with van der Waals surface area (Å²) in [5.74, 6) is 0.305. The van der Waals surface area contributed by atoms with Gasteiger partial charge in [-0.15, -0.1) is 6.58 Å². The third-order valence-electron chi connectivity index (χ3n) is 2.91. The van der Waals surface area contributed by atoms with Gasteiger partial charge in [0.15, 0.2) is 0 Å². The first-order chi connectivity index (χ1) is 11.6. The average molecular weight is 331 g/mol. The molecule has 0 atom stereocenters. The van der Waals surface area contributed by atoms with Gasteiger partial charge in [-0.3, -0.25) is 4.79 Å². The highest BCUT2D eigenvalue weighted by Crippen LogP contribution is 2.21. The smallest absolute Gasteiger partial charge is 0.325 e. The first-order valence-corrected chi connectivity index (χ1v) is 7.40. The van der Waals surface area contributed by atoms with Crippen LogP contribution in [0.3, 0.4) is 0 Å². The molecule has 0 aliphatic rings. The molecule has 6 nitrogen and oxygen atoms in total. The van der Waals surface area contributed by atoms with Gasteiger partial charge in [0.05, 0.1) is 6.61 Å². The van der Waals surface area contributed by atoms with E-state index >= 15 is 0 Å². The number of rotatable bonds is 8. The van der Waals surface area contributed by atoms with Crippen molar-refractivity contribution in [3.8, 4) is 11.6 Å². The summed E-state index contributed by atoms with van der Waals surface area (Å²) < 4.78 is 23.4. The highest BCUT2D eigenvalue weighted by atomic mass is 19.1. The van der Waals surface area contributed by atoms with Crippen molar-refractivity contribution in [2.24, 2.45) is 0 Å². The molecule has 2 rings (SSSR count). The van der Waals surface area contributed by atoms with Gasteiger partial charge in [0.25, 0.3) is 0 Å². The van der Waals surface area contributed by atoms with Gasteiger partial charge < -0.3 is 14.4 Å². The fraction of sp³-hybridized carbons (Fsp3) is 0.235. The van der Waals surface area contributed by atoms with Crippen LogP contribution in [0.25, 0.3) is 0 Å². The molecule has 24 heavy (non-hydrogen) atoms. The molecular weight excluding hydrogens is 313 g/mol. The van der Waals surface area contributed by atoms with Gasteiger partial charge in [0, 0.05) is 18.8 Å². The largest absolute Gasteiger partial charge is 0.465 e. The standard InChI is InChI=1S/C17H18FN3O3/c1-3-11-21(12-16(22)23-4-2)17-19-10-9-15(20-17)24-14-7-5-13(18)6-8-14/h3,5-10H,1,4,11-12H2,2H3. The lowest BCUT2D eigenvalue weighted by atomic mass is 10.3. The molecule has 0 saturated heterocycles. The van der Waals surface area contributed by atoms with E-state index in [-0.39, 0.29) is 24.2 Å². The zero-order chi connectivity index (χ0) is 17.4. The van der Waals surface area contributed by atoms with Gasteiger partial charge in [-0.1, -0.05) is 6.08 Å². The molecule has 0 fully saturated rings. The lowest BCUT2D eigenvalue weighted by molar-refractivity contribution is -0.141. The Labute approximate surface area is 139 Å². The van der Waals surface area contributed by atoms with Crippen molar-refractivity contribution < 1.29 is 18.7 Å². The van der Waals surface area contributed by atoms with E-state index in [1.165, 1.54) is 30.5 Å². The lowest BCUT2D eigenvalue weighted by Crippen LogP contribution is -2.32. The third kappa shape index (κ3) is 5.05. The average Bonchev–Trinajstić information content (AvgIpc) is 2.57. The zero-order valence-corrected chi connectivity index (χ0v) is 13.3.